The molecule has 0 spiro atoms. The third-order valence-corrected chi connectivity index (χ3v) is 3.60. The number of nitrogens with zero attached hydrogens (tertiary/aromatic N) is 1. The van der Waals surface area contributed by atoms with Gasteiger partial charge in [0, 0.05) is 18.9 Å². The number of fused-ring (bicyclic) bond motifs is 1. The van der Waals surface area contributed by atoms with Crippen molar-refractivity contribution in [1.29, 1.82) is 0 Å². The molecule has 0 aromatic heterocycles. The van der Waals surface area contributed by atoms with Gasteiger partial charge in [-0.1, -0.05) is 0 Å². The number of methoxy groups -OCH3 is 1. The molecule has 3 aliphatic rings. The highest BCUT2D eigenvalue weighted by Gasteiger charge is 2.47. The minimum atomic E-state index is -1.19. The molecule has 3 aliphatic heterocycles. The molecular weight excluding hydrogens is 266 g/mol. The van der Waals surface area contributed by atoms with Crippen LogP contribution in [0.3, 0.4) is 0 Å². The van der Waals surface area contributed by atoms with Crippen molar-refractivity contribution in [2.75, 3.05) is 13.7 Å². The van der Waals surface area contributed by atoms with Gasteiger partial charge >= 0.3 is 6.03 Å². The van der Waals surface area contributed by atoms with E-state index in [1.807, 2.05) is 6.08 Å². The summed E-state index contributed by atoms with van der Waals surface area (Å²) in [5.41, 5.74) is 0.852. The number of amides is 2. The minimum absolute atomic E-state index is 0.144. The summed E-state index contributed by atoms with van der Waals surface area (Å²) in [7, 11) is 1.48. The van der Waals surface area contributed by atoms with Gasteiger partial charge in [-0.2, -0.15) is 0 Å². The fourth-order valence-corrected chi connectivity index (χ4v) is 2.54. The molecule has 3 heterocycles. The summed E-state index contributed by atoms with van der Waals surface area (Å²) >= 11 is 0. The number of rotatable bonds is 3. The number of urea groups is 1. The van der Waals surface area contributed by atoms with Crippen molar-refractivity contribution in [3.8, 4) is 0 Å². The molecular formula is C12H17N3O5. The van der Waals surface area contributed by atoms with E-state index in [4.69, 9.17) is 9.47 Å². The van der Waals surface area contributed by atoms with Gasteiger partial charge in [-0.3, -0.25) is 4.90 Å². The molecule has 4 N–H and O–H groups in total. The normalized spacial score (nSPS) is 39.4. The lowest BCUT2D eigenvalue weighted by molar-refractivity contribution is -0.0713. The zero-order chi connectivity index (χ0) is 14.3. The lowest BCUT2D eigenvalue weighted by atomic mass is 10.1. The number of carbonyl (C=O) groups is 1. The smallest absolute Gasteiger partial charge is 0.325 e. The lowest BCUT2D eigenvalue weighted by Crippen LogP contribution is -2.56. The average Bonchev–Trinajstić information content (AvgIpc) is 2.97. The first kappa shape index (κ1) is 13.4. The van der Waals surface area contributed by atoms with Gasteiger partial charge in [0.1, 0.15) is 24.5 Å². The fourth-order valence-electron chi connectivity index (χ4n) is 2.54. The van der Waals surface area contributed by atoms with Crippen molar-refractivity contribution in [3.63, 3.8) is 0 Å². The molecule has 5 unspecified atom stereocenters. The Hall–Kier alpha value is -1.61. The van der Waals surface area contributed by atoms with Crippen LogP contribution in [-0.2, 0) is 9.47 Å². The van der Waals surface area contributed by atoms with Crippen molar-refractivity contribution >= 4 is 6.03 Å². The molecule has 0 radical (unpaired) electrons. The molecule has 8 heteroatoms. The zero-order valence-electron chi connectivity index (χ0n) is 10.9. The number of aliphatic hydroxyl groups is 2. The van der Waals surface area contributed by atoms with E-state index >= 15 is 0 Å². The molecule has 8 nitrogen and oxygen atoms in total. The Morgan fingerprint density at radius 1 is 1.45 bits per heavy atom. The summed E-state index contributed by atoms with van der Waals surface area (Å²) in [5.74, 6) is 0. The maximum absolute atomic E-state index is 12.0. The van der Waals surface area contributed by atoms with E-state index in [1.54, 1.807) is 12.4 Å². The summed E-state index contributed by atoms with van der Waals surface area (Å²) in [6.45, 7) is 0.144. The van der Waals surface area contributed by atoms with Gasteiger partial charge in [-0.15, -0.1) is 0 Å². The van der Waals surface area contributed by atoms with E-state index in [0.29, 0.717) is 0 Å². The first-order valence-electron chi connectivity index (χ1n) is 6.35. The Bertz CT molecular complexity index is 466. The number of hydrogen-bond donors (Lipinski definition) is 4. The van der Waals surface area contributed by atoms with E-state index in [1.165, 1.54) is 12.0 Å². The summed E-state index contributed by atoms with van der Waals surface area (Å²) in [6, 6.07) is -0.399. The van der Waals surface area contributed by atoms with Crippen molar-refractivity contribution in [3.05, 3.63) is 24.0 Å². The van der Waals surface area contributed by atoms with Crippen LogP contribution in [0.2, 0.25) is 0 Å². The maximum atomic E-state index is 12.0. The molecule has 20 heavy (non-hydrogen) atoms. The molecule has 0 aromatic carbocycles. The van der Waals surface area contributed by atoms with E-state index in [-0.39, 0.29) is 12.8 Å². The van der Waals surface area contributed by atoms with Crippen LogP contribution in [0, 0.1) is 0 Å². The summed E-state index contributed by atoms with van der Waals surface area (Å²) in [4.78, 5) is 13.3. The van der Waals surface area contributed by atoms with E-state index in [2.05, 4.69) is 10.6 Å². The fraction of sp³-hybridized carbons (Fsp3) is 0.583. The molecule has 0 saturated carbocycles. The second-order valence-corrected chi connectivity index (χ2v) is 4.92. The Labute approximate surface area is 115 Å². The third kappa shape index (κ3) is 2.06. The summed E-state index contributed by atoms with van der Waals surface area (Å²) < 4.78 is 10.5. The van der Waals surface area contributed by atoms with Gasteiger partial charge in [-0.25, -0.2) is 4.79 Å². The zero-order valence-corrected chi connectivity index (χ0v) is 10.9. The van der Waals surface area contributed by atoms with E-state index < -0.39 is 30.6 Å². The lowest BCUT2D eigenvalue weighted by Gasteiger charge is -2.33. The van der Waals surface area contributed by atoms with Crippen molar-refractivity contribution in [1.82, 2.24) is 15.5 Å². The van der Waals surface area contributed by atoms with Crippen LogP contribution in [0.1, 0.15) is 0 Å². The summed E-state index contributed by atoms with van der Waals surface area (Å²) in [5, 5.41) is 25.7. The Kier molecular flexibility index (Phi) is 3.38. The monoisotopic (exact) mass is 283 g/mol. The van der Waals surface area contributed by atoms with Crippen LogP contribution < -0.4 is 10.6 Å². The molecule has 1 saturated heterocycles. The van der Waals surface area contributed by atoms with Crippen molar-refractivity contribution in [2.45, 2.75) is 30.7 Å². The second kappa shape index (κ2) is 5.06. The molecule has 5 atom stereocenters. The van der Waals surface area contributed by atoms with Crippen molar-refractivity contribution < 1.29 is 24.5 Å². The molecule has 3 rings (SSSR count). The standard InChI is InChI=1S/C12H17N3O5/c1-19-5-7-8(16)9(17)11(20-7)15-4-6-2-3-13-10(6)14-12(15)18/h2-4,7-11,13,16-17H,5H2,1H3,(H,14,18). The number of hydrogen-bond acceptors (Lipinski definition) is 6. The molecule has 0 bridgehead atoms. The van der Waals surface area contributed by atoms with Gasteiger partial charge in [0.05, 0.1) is 6.61 Å². The topological polar surface area (TPSA) is 103 Å². The Morgan fingerprint density at radius 2 is 2.25 bits per heavy atom. The van der Waals surface area contributed by atoms with Gasteiger partial charge in [0.2, 0.25) is 0 Å². The predicted molar refractivity (Wildman–Crippen MR) is 67.1 cm³/mol. The van der Waals surface area contributed by atoms with Crippen LogP contribution in [0.4, 0.5) is 4.79 Å². The number of nitrogens with one attached hydrogen (secondary N) is 2. The predicted octanol–water partition coefficient (Wildman–Crippen LogP) is -1.57. The number of ether oxygens (including phenoxy) is 2. The average molecular weight is 283 g/mol. The van der Waals surface area contributed by atoms with Crippen LogP contribution in [-0.4, -0.2) is 65.6 Å². The highest BCUT2D eigenvalue weighted by atomic mass is 16.6. The van der Waals surface area contributed by atoms with Crippen LogP contribution in [0.15, 0.2) is 24.0 Å². The third-order valence-electron chi connectivity index (χ3n) is 3.60. The van der Waals surface area contributed by atoms with Gasteiger partial charge in [-0.05, 0) is 12.3 Å². The SMILES string of the molecule is COCC1OC(N2C=C3C=CNC3NC2=O)C(O)C1O. The van der Waals surface area contributed by atoms with E-state index in [9.17, 15) is 15.0 Å². The molecule has 110 valence electrons. The van der Waals surface area contributed by atoms with E-state index in [0.717, 1.165) is 5.57 Å². The van der Waals surface area contributed by atoms with Gasteiger partial charge in [0.15, 0.2) is 6.23 Å². The highest BCUT2D eigenvalue weighted by Crippen LogP contribution is 2.27. The molecule has 0 aromatic rings. The first-order valence-corrected chi connectivity index (χ1v) is 6.35. The first-order chi connectivity index (χ1) is 9.61. The van der Waals surface area contributed by atoms with Crippen LogP contribution >= 0.6 is 0 Å². The number of aliphatic hydroxyl groups excluding tert-OH is 2. The summed E-state index contributed by atoms with van der Waals surface area (Å²) in [6.07, 6.45) is 1.02. The molecule has 2 amide bonds. The molecule has 1 fully saturated rings. The van der Waals surface area contributed by atoms with Crippen LogP contribution in [0.5, 0.6) is 0 Å². The minimum Gasteiger partial charge on any atom is -0.387 e. The maximum Gasteiger partial charge on any atom is 0.325 e. The molecule has 0 aliphatic carbocycles. The van der Waals surface area contributed by atoms with Crippen LogP contribution in [0.25, 0.3) is 0 Å². The number of carbonyl (C=O) groups excluding carboxylic acids is 1. The van der Waals surface area contributed by atoms with Gasteiger partial charge in [0.25, 0.3) is 0 Å². The quantitative estimate of drug-likeness (QED) is 0.499. The Balaban J connectivity index is 1.80. The highest BCUT2D eigenvalue weighted by molar-refractivity contribution is 5.78. The van der Waals surface area contributed by atoms with Gasteiger partial charge < -0.3 is 30.3 Å². The Morgan fingerprint density at radius 3 is 3.00 bits per heavy atom. The largest absolute Gasteiger partial charge is 0.387 e. The second-order valence-electron chi connectivity index (χ2n) is 4.92. The van der Waals surface area contributed by atoms with Crippen molar-refractivity contribution in [2.24, 2.45) is 0 Å².